The Morgan fingerprint density at radius 3 is 2.85 bits per heavy atom. The predicted octanol–water partition coefficient (Wildman–Crippen LogP) is 5.01. The number of hydrogen-bond acceptors (Lipinski definition) is 5. The lowest BCUT2D eigenvalue weighted by Gasteiger charge is -2.36. The maximum atomic E-state index is 12.0. The van der Waals surface area contributed by atoms with Crippen molar-refractivity contribution in [3.63, 3.8) is 0 Å². The fourth-order valence-corrected chi connectivity index (χ4v) is 5.19. The Morgan fingerprint density at radius 1 is 1.15 bits per heavy atom. The lowest BCUT2D eigenvalue weighted by atomic mass is 9.81. The van der Waals surface area contributed by atoms with Gasteiger partial charge in [0.15, 0.2) is 0 Å². The average Bonchev–Trinajstić information content (AvgIpc) is 2.87. The number of pyridine rings is 2. The number of likely N-dealkylation sites (tertiary alicyclic amines) is 1. The maximum absolute atomic E-state index is 12.0. The molecular weight excluding hydrogens is 426 g/mol. The van der Waals surface area contributed by atoms with Crippen LogP contribution in [0.4, 0.5) is 0 Å². The number of unbranched alkanes of at least 4 members (excludes halogenated alkanes) is 1. The van der Waals surface area contributed by atoms with Gasteiger partial charge in [-0.2, -0.15) is 0 Å². The summed E-state index contributed by atoms with van der Waals surface area (Å²) in [5.41, 5.74) is 3.49. The topological polar surface area (TPSA) is 75.5 Å². The number of carbonyl (C=O) groups is 1. The number of aryl methyl sites for hydroxylation is 2. The molecule has 6 heteroatoms. The van der Waals surface area contributed by atoms with Gasteiger partial charge in [0.05, 0.1) is 18.5 Å². The fraction of sp³-hybridized carbons (Fsp3) is 0.464. The molecule has 0 bridgehead atoms. The molecule has 1 aliphatic rings. The van der Waals surface area contributed by atoms with E-state index in [4.69, 9.17) is 4.74 Å². The molecule has 1 N–H and O–H groups in total. The molecular formula is C28H35N3O3. The summed E-state index contributed by atoms with van der Waals surface area (Å²) in [6.07, 6.45) is 12.6. The number of hydrogen-bond donors (Lipinski definition) is 1. The highest BCUT2D eigenvalue weighted by Crippen LogP contribution is 2.30. The zero-order valence-corrected chi connectivity index (χ0v) is 20.0. The van der Waals surface area contributed by atoms with Crippen molar-refractivity contribution in [2.24, 2.45) is 11.8 Å². The van der Waals surface area contributed by atoms with Crippen LogP contribution in [0.2, 0.25) is 0 Å². The highest BCUT2D eigenvalue weighted by Gasteiger charge is 2.33. The number of benzene rings is 1. The van der Waals surface area contributed by atoms with E-state index >= 15 is 0 Å². The molecule has 3 aromatic rings. The second-order valence-corrected chi connectivity index (χ2v) is 9.36. The van der Waals surface area contributed by atoms with Crippen molar-refractivity contribution in [3.05, 3.63) is 66.1 Å². The lowest BCUT2D eigenvalue weighted by Crippen LogP contribution is -2.44. The van der Waals surface area contributed by atoms with E-state index in [0.717, 1.165) is 74.7 Å². The molecule has 3 heterocycles. The molecule has 180 valence electrons. The number of aliphatic carboxylic acids is 1. The Bertz CT molecular complexity index is 1070. The summed E-state index contributed by atoms with van der Waals surface area (Å²) in [7, 11) is 1.68. The Hall–Kier alpha value is -2.99. The van der Waals surface area contributed by atoms with Gasteiger partial charge < -0.3 is 14.7 Å². The van der Waals surface area contributed by atoms with Gasteiger partial charge in [-0.15, -0.1) is 0 Å². The number of piperidine rings is 1. The number of ether oxygens (including phenoxy) is 1. The first-order valence-corrected chi connectivity index (χ1v) is 12.4. The zero-order chi connectivity index (χ0) is 23.8. The van der Waals surface area contributed by atoms with Crippen LogP contribution in [-0.4, -0.2) is 52.7 Å². The number of nitrogens with zero attached hydrogens (tertiary/aromatic N) is 3. The van der Waals surface area contributed by atoms with E-state index in [-0.39, 0.29) is 11.8 Å². The van der Waals surface area contributed by atoms with Crippen molar-refractivity contribution in [1.82, 2.24) is 14.9 Å². The number of carboxylic acid groups (broad SMARTS) is 1. The Labute approximate surface area is 202 Å². The van der Waals surface area contributed by atoms with Crippen LogP contribution >= 0.6 is 0 Å². The highest BCUT2D eigenvalue weighted by atomic mass is 16.5. The minimum Gasteiger partial charge on any atom is -0.497 e. The number of rotatable bonds is 11. The largest absolute Gasteiger partial charge is 0.497 e. The fourth-order valence-electron chi connectivity index (χ4n) is 5.19. The monoisotopic (exact) mass is 461 g/mol. The first-order valence-electron chi connectivity index (χ1n) is 12.4. The predicted molar refractivity (Wildman–Crippen MR) is 134 cm³/mol. The van der Waals surface area contributed by atoms with Crippen LogP contribution in [0.15, 0.2) is 55.0 Å². The van der Waals surface area contributed by atoms with E-state index in [2.05, 4.69) is 27.0 Å². The van der Waals surface area contributed by atoms with Gasteiger partial charge in [0.25, 0.3) is 0 Å². The van der Waals surface area contributed by atoms with E-state index in [1.165, 1.54) is 11.1 Å². The first kappa shape index (κ1) is 24.1. The normalized spacial score (nSPS) is 18.7. The summed E-state index contributed by atoms with van der Waals surface area (Å²) < 4.78 is 5.38. The molecule has 0 radical (unpaired) electrons. The Morgan fingerprint density at radius 2 is 2.06 bits per heavy atom. The van der Waals surface area contributed by atoms with Gasteiger partial charge >= 0.3 is 5.97 Å². The molecule has 1 aromatic carbocycles. The SMILES string of the molecule is COc1ccc2nccc(CCC[C@@H]3CCN(CCCCc4cccnc4)C[C@@H]3C(=O)O)c2c1. The summed E-state index contributed by atoms with van der Waals surface area (Å²) in [6.45, 7) is 2.64. The van der Waals surface area contributed by atoms with Gasteiger partial charge in [-0.05, 0) is 105 Å². The van der Waals surface area contributed by atoms with Crippen LogP contribution in [-0.2, 0) is 17.6 Å². The molecule has 6 nitrogen and oxygen atoms in total. The van der Waals surface area contributed by atoms with Gasteiger partial charge in [-0.1, -0.05) is 6.07 Å². The van der Waals surface area contributed by atoms with Crippen molar-refractivity contribution >= 4 is 16.9 Å². The second-order valence-electron chi connectivity index (χ2n) is 9.36. The van der Waals surface area contributed by atoms with E-state index in [1.807, 2.05) is 36.7 Å². The summed E-state index contributed by atoms with van der Waals surface area (Å²) in [5.74, 6) is 0.151. The summed E-state index contributed by atoms with van der Waals surface area (Å²) in [6, 6.07) is 12.1. The molecule has 34 heavy (non-hydrogen) atoms. The van der Waals surface area contributed by atoms with Crippen molar-refractivity contribution < 1.29 is 14.6 Å². The van der Waals surface area contributed by atoms with Crippen LogP contribution in [0.3, 0.4) is 0 Å². The van der Waals surface area contributed by atoms with Gasteiger partial charge in [-0.25, -0.2) is 0 Å². The molecule has 1 fully saturated rings. The molecule has 4 rings (SSSR count). The first-order chi connectivity index (χ1) is 16.6. The number of aromatic nitrogens is 2. The van der Waals surface area contributed by atoms with Gasteiger partial charge in [-0.3, -0.25) is 14.8 Å². The van der Waals surface area contributed by atoms with Crippen molar-refractivity contribution in [2.75, 3.05) is 26.7 Å². The van der Waals surface area contributed by atoms with Crippen molar-refractivity contribution in [1.29, 1.82) is 0 Å². The minimum atomic E-state index is -0.649. The number of carboxylic acids is 1. The summed E-state index contributed by atoms with van der Waals surface area (Å²) in [4.78, 5) is 23.0. The van der Waals surface area contributed by atoms with Crippen LogP contribution in [0, 0.1) is 11.8 Å². The van der Waals surface area contributed by atoms with Crippen molar-refractivity contribution in [2.45, 2.75) is 44.9 Å². The van der Waals surface area contributed by atoms with E-state index in [0.29, 0.717) is 6.54 Å². The number of methoxy groups -OCH3 is 1. The molecule has 0 aliphatic carbocycles. The molecule has 0 saturated carbocycles. The summed E-state index contributed by atoms with van der Waals surface area (Å²) in [5, 5.41) is 11.0. The molecule has 0 spiro atoms. The highest BCUT2D eigenvalue weighted by molar-refractivity contribution is 5.83. The molecule has 2 atom stereocenters. The Balaban J connectivity index is 1.26. The zero-order valence-electron chi connectivity index (χ0n) is 20.0. The Kier molecular flexibility index (Phi) is 8.47. The van der Waals surface area contributed by atoms with E-state index < -0.39 is 5.97 Å². The summed E-state index contributed by atoms with van der Waals surface area (Å²) >= 11 is 0. The standard InChI is InChI=1S/C28H35N3O3/c1-34-24-10-11-27-25(18-24)22(12-15-30-27)8-4-9-23-13-17-31(20-26(23)28(32)33)16-3-2-6-21-7-5-14-29-19-21/h5,7,10-12,14-15,18-19,23,26H,2-4,6,8-9,13,16-17,20H2,1H3,(H,32,33)/t23-,26+/m1/s1. The van der Waals surface area contributed by atoms with Crippen LogP contribution < -0.4 is 4.74 Å². The van der Waals surface area contributed by atoms with Gasteiger partial charge in [0.1, 0.15) is 5.75 Å². The maximum Gasteiger partial charge on any atom is 0.308 e. The molecule has 1 saturated heterocycles. The smallest absolute Gasteiger partial charge is 0.308 e. The second kappa shape index (κ2) is 11.9. The lowest BCUT2D eigenvalue weighted by molar-refractivity contribution is -0.146. The van der Waals surface area contributed by atoms with Crippen LogP contribution in [0.5, 0.6) is 5.75 Å². The molecule has 0 unspecified atom stereocenters. The van der Waals surface area contributed by atoms with Crippen LogP contribution in [0.1, 0.15) is 43.2 Å². The van der Waals surface area contributed by atoms with E-state index in [1.54, 1.807) is 13.3 Å². The average molecular weight is 462 g/mol. The van der Waals surface area contributed by atoms with E-state index in [9.17, 15) is 9.90 Å². The minimum absolute atomic E-state index is 0.242. The molecule has 2 aromatic heterocycles. The van der Waals surface area contributed by atoms with Gasteiger partial charge in [0.2, 0.25) is 0 Å². The molecule has 0 amide bonds. The van der Waals surface area contributed by atoms with Crippen molar-refractivity contribution in [3.8, 4) is 5.75 Å². The third kappa shape index (κ3) is 6.32. The number of fused-ring (bicyclic) bond motifs is 1. The van der Waals surface area contributed by atoms with Crippen LogP contribution in [0.25, 0.3) is 10.9 Å². The quantitative estimate of drug-likeness (QED) is 0.405. The third-order valence-electron chi connectivity index (χ3n) is 7.13. The third-order valence-corrected chi connectivity index (χ3v) is 7.13. The van der Waals surface area contributed by atoms with Gasteiger partial charge in [0, 0.05) is 30.5 Å². The molecule has 1 aliphatic heterocycles.